The average molecular weight is 252 g/mol. The average Bonchev–Trinajstić information content (AvgIpc) is 3.00. The molecule has 1 fully saturated rings. The van der Waals surface area contributed by atoms with Gasteiger partial charge in [0.25, 0.3) is 0 Å². The van der Waals surface area contributed by atoms with Gasteiger partial charge < -0.3 is 10.5 Å². The van der Waals surface area contributed by atoms with Crippen LogP contribution in [0.3, 0.4) is 0 Å². The van der Waals surface area contributed by atoms with Crippen molar-refractivity contribution in [3.8, 4) is 0 Å². The van der Waals surface area contributed by atoms with E-state index in [2.05, 4.69) is 17.0 Å². The Kier molecular flexibility index (Phi) is 4.35. The van der Waals surface area contributed by atoms with Crippen LogP contribution < -0.4 is 5.73 Å². The molecule has 2 N–H and O–H groups in total. The van der Waals surface area contributed by atoms with Gasteiger partial charge >= 0.3 is 0 Å². The molecule has 0 aliphatic heterocycles. The van der Waals surface area contributed by atoms with Crippen LogP contribution in [-0.4, -0.2) is 33.5 Å². The lowest BCUT2D eigenvalue weighted by Crippen LogP contribution is -2.49. The summed E-state index contributed by atoms with van der Waals surface area (Å²) in [5.74, 6) is 0.979. The lowest BCUT2D eigenvalue weighted by Gasteiger charge is -2.33. The summed E-state index contributed by atoms with van der Waals surface area (Å²) in [7, 11) is 1.78. The second-order valence-electron chi connectivity index (χ2n) is 5.19. The molecule has 0 saturated heterocycles. The molecule has 5 heteroatoms. The fraction of sp³-hybridized carbons (Fsp3) is 0.846. The number of aromatic nitrogens is 3. The lowest BCUT2D eigenvalue weighted by molar-refractivity contribution is -0.0259. The molecule has 0 bridgehead atoms. The van der Waals surface area contributed by atoms with E-state index in [0.717, 1.165) is 38.1 Å². The molecule has 0 aromatic carbocycles. The van der Waals surface area contributed by atoms with Crippen molar-refractivity contribution in [3.63, 3.8) is 0 Å². The number of nitrogens with zero attached hydrogens (tertiary/aromatic N) is 3. The summed E-state index contributed by atoms with van der Waals surface area (Å²) in [6.45, 7) is 3.04. The Morgan fingerprint density at radius 2 is 2.22 bits per heavy atom. The number of ether oxygens (including phenoxy) is 1. The highest BCUT2D eigenvalue weighted by Crippen LogP contribution is 2.35. The van der Waals surface area contributed by atoms with Crippen LogP contribution in [0.15, 0.2) is 6.33 Å². The molecule has 1 aromatic heterocycles. The molecular formula is C13H24N4O. The Labute approximate surface area is 109 Å². The molecule has 1 atom stereocenters. The minimum absolute atomic E-state index is 0.00445. The molecule has 2 rings (SSSR count). The third-order valence-corrected chi connectivity index (χ3v) is 4.07. The topological polar surface area (TPSA) is 66.0 Å². The van der Waals surface area contributed by atoms with Gasteiger partial charge in [-0.05, 0) is 19.3 Å². The van der Waals surface area contributed by atoms with Gasteiger partial charge in [0.2, 0.25) is 0 Å². The van der Waals surface area contributed by atoms with Gasteiger partial charge in [-0.25, -0.2) is 4.98 Å². The molecule has 1 saturated carbocycles. The zero-order chi connectivity index (χ0) is 13.0. The molecule has 102 valence electrons. The first-order chi connectivity index (χ1) is 8.72. The maximum atomic E-state index is 6.37. The smallest absolute Gasteiger partial charge is 0.138 e. The van der Waals surface area contributed by atoms with Crippen molar-refractivity contribution in [1.29, 1.82) is 0 Å². The van der Waals surface area contributed by atoms with Crippen molar-refractivity contribution in [1.82, 2.24) is 14.8 Å². The van der Waals surface area contributed by atoms with Crippen LogP contribution in [0.5, 0.6) is 0 Å². The van der Waals surface area contributed by atoms with E-state index in [9.17, 15) is 0 Å². The van der Waals surface area contributed by atoms with Crippen molar-refractivity contribution in [2.45, 2.75) is 63.6 Å². The van der Waals surface area contributed by atoms with Crippen LogP contribution >= 0.6 is 0 Å². The highest BCUT2D eigenvalue weighted by molar-refractivity contribution is 5.01. The van der Waals surface area contributed by atoms with E-state index >= 15 is 0 Å². The first kappa shape index (κ1) is 13.5. The van der Waals surface area contributed by atoms with E-state index in [0.29, 0.717) is 0 Å². The van der Waals surface area contributed by atoms with Gasteiger partial charge in [0.15, 0.2) is 0 Å². The van der Waals surface area contributed by atoms with Crippen molar-refractivity contribution in [2.75, 3.05) is 7.11 Å². The van der Waals surface area contributed by atoms with Crippen molar-refractivity contribution in [3.05, 3.63) is 12.2 Å². The molecule has 1 aliphatic rings. The largest absolute Gasteiger partial charge is 0.377 e. The number of methoxy groups -OCH3 is 1. The van der Waals surface area contributed by atoms with Crippen LogP contribution in [0.25, 0.3) is 0 Å². The normalized spacial score (nSPS) is 20.2. The number of aryl methyl sites for hydroxylation is 1. The minimum atomic E-state index is -0.150. The molecule has 0 radical (unpaired) electrons. The highest BCUT2D eigenvalue weighted by atomic mass is 16.5. The van der Waals surface area contributed by atoms with E-state index in [1.165, 1.54) is 12.8 Å². The standard InChI is InChI=1S/C13H24N4O/c1-3-8-17-12(15-10-16-17)9-11(14)13(18-2)6-4-5-7-13/h10-11H,3-9,14H2,1-2H3. The fourth-order valence-corrected chi connectivity index (χ4v) is 2.93. The molecule has 5 nitrogen and oxygen atoms in total. The Morgan fingerprint density at radius 1 is 1.50 bits per heavy atom. The summed E-state index contributed by atoms with van der Waals surface area (Å²) in [6.07, 6.45) is 7.96. The zero-order valence-electron chi connectivity index (χ0n) is 11.4. The van der Waals surface area contributed by atoms with Gasteiger partial charge in [-0.2, -0.15) is 5.10 Å². The molecule has 18 heavy (non-hydrogen) atoms. The Balaban J connectivity index is 2.05. The molecule has 1 aliphatic carbocycles. The van der Waals surface area contributed by atoms with Gasteiger partial charge in [0.1, 0.15) is 12.2 Å². The lowest BCUT2D eigenvalue weighted by atomic mass is 9.90. The monoisotopic (exact) mass is 252 g/mol. The minimum Gasteiger partial charge on any atom is -0.377 e. The zero-order valence-corrected chi connectivity index (χ0v) is 11.4. The number of nitrogens with two attached hydrogens (primary N) is 1. The van der Waals surface area contributed by atoms with E-state index in [-0.39, 0.29) is 11.6 Å². The fourth-order valence-electron chi connectivity index (χ4n) is 2.93. The second-order valence-corrected chi connectivity index (χ2v) is 5.19. The molecule has 1 heterocycles. The van der Waals surface area contributed by atoms with Gasteiger partial charge in [0, 0.05) is 26.1 Å². The van der Waals surface area contributed by atoms with Crippen LogP contribution in [-0.2, 0) is 17.7 Å². The second kappa shape index (κ2) is 5.80. The first-order valence-corrected chi connectivity index (χ1v) is 6.89. The van der Waals surface area contributed by atoms with Gasteiger partial charge in [-0.15, -0.1) is 0 Å². The summed E-state index contributed by atoms with van der Waals surface area (Å²) < 4.78 is 7.68. The number of rotatable bonds is 6. The summed E-state index contributed by atoms with van der Waals surface area (Å²) in [4.78, 5) is 4.33. The Hall–Kier alpha value is -0.940. The third kappa shape index (κ3) is 2.57. The molecule has 0 amide bonds. The number of hydrogen-bond donors (Lipinski definition) is 1. The van der Waals surface area contributed by atoms with Crippen molar-refractivity contribution < 1.29 is 4.74 Å². The van der Waals surface area contributed by atoms with E-state index in [1.54, 1.807) is 13.4 Å². The molecular weight excluding hydrogens is 228 g/mol. The van der Waals surface area contributed by atoms with Crippen LogP contribution in [0.2, 0.25) is 0 Å². The third-order valence-electron chi connectivity index (χ3n) is 4.07. The van der Waals surface area contributed by atoms with Crippen molar-refractivity contribution in [2.24, 2.45) is 5.73 Å². The van der Waals surface area contributed by atoms with Crippen molar-refractivity contribution >= 4 is 0 Å². The van der Waals surface area contributed by atoms with E-state index in [4.69, 9.17) is 10.5 Å². The van der Waals surface area contributed by atoms with Gasteiger partial charge in [0.05, 0.1) is 5.60 Å². The van der Waals surface area contributed by atoms with E-state index in [1.807, 2.05) is 4.68 Å². The van der Waals surface area contributed by atoms with Crippen LogP contribution in [0.4, 0.5) is 0 Å². The first-order valence-electron chi connectivity index (χ1n) is 6.89. The van der Waals surface area contributed by atoms with Gasteiger partial charge in [-0.1, -0.05) is 19.8 Å². The predicted octanol–water partition coefficient (Wildman–Crippen LogP) is 1.52. The van der Waals surface area contributed by atoms with Gasteiger partial charge in [-0.3, -0.25) is 4.68 Å². The molecule has 1 unspecified atom stereocenters. The molecule has 0 spiro atoms. The number of hydrogen-bond acceptors (Lipinski definition) is 4. The Bertz CT molecular complexity index is 371. The summed E-state index contributed by atoms with van der Waals surface area (Å²) >= 11 is 0. The maximum absolute atomic E-state index is 6.37. The summed E-state index contributed by atoms with van der Waals surface area (Å²) in [5, 5.41) is 4.24. The predicted molar refractivity (Wildman–Crippen MR) is 70.2 cm³/mol. The summed E-state index contributed by atoms with van der Waals surface area (Å²) in [6, 6.07) is 0.00445. The maximum Gasteiger partial charge on any atom is 0.138 e. The SMILES string of the molecule is CCCn1ncnc1CC(N)C1(OC)CCCC1. The van der Waals surface area contributed by atoms with Crippen LogP contribution in [0, 0.1) is 0 Å². The highest BCUT2D eigenvalue weighted by Gasteiger charge is 2.40. The van der Waals surface area contributed by atoms with E-state index < -0.39 is 0 Å². The summed E-state index contributed by atoms with van der Waals surface area (Å²) in [5.41, 5.74) is 6.22. The quantitative estimate of drug-likeness (QED) is 0.833. The Morgan fingerprint density at radius 3 is 2.83 bits per heavy atom. The molecule has 1 aromatic rings. The van der Waals surface area contributed by atoms with Crippen LogP contribution in [0.1, 0.15) is 44.9 Å².